The highest BCUT2D eigenvalue weighted by molar-refractivity contribution is 7.18. The summed E-state index contributed by atoms with van der Waals surface area (Å²) in [6.45, 7) is 2.18. The molecule has 0 unspecified atom stereocenters. The number of nitrogen functional groups attached to an aromatic ring is 1. The number of aromatic nitrogens is 2. The number of rotatable bonds is 4. The summed E-state index contributed by atoms with van der Waals surface area (Å²) in [4.78, 5) is 23.1. The molecule has 2 rings (SSSR count). The lowest BCUT2D eigenvalue weighted by molar-refractivity contribution is -0.116. The van der Waals surface area contributed by atoms with Crippen LogP contribution < -0.4 is 16.4 Å². The highest BCUT2D eigenvalue weighted by Gasteiger charge is 2.14. The van der Waals surface area contributed by atoms with Crippen molar-refractivity contribution in [1.29, 1.82) is 0 Å². The molecule has 0 aliphatic rings. The summed E-state index contributed by atoms with van der Waals surface area (Å²) >= 11 is 1.59. The van der Waals surface area contributed by atoms with Crippen molar-refractivity contribution in [2.75, 3.05) is 24.2 Å². The Balaban J connectivity index is 2.53. The van der Waals surface area contributed by atoms with Crippen LogP contribution in [0.4, 0.5) is 11.8 Å². The number of hydrogen-bond donors (Lipinski definition) is 2. The van der Waals surface area contributed by atoms with E-state index in [0.717, 1.165) is 16.6 Å². The van der Waals surface area contributed by atoms with Crippen molar-refractivity contribution in [3.8, 4) is 0 Å². The maximum atomic E-state index is 11.0. The van der Waals surface area contributed by atoms with Crippen molar-refractivity contribution in [1.82, 2.24) is 9.97 Å². The summed E-state index contributed by atoms with van der Waals surface area (Å²) in [5.74, 6) is 0.444. The van der Waals surface area contributed by atoms with Crippen LogP contribution in [-0.2, 0) is 11.2 Å². The van der Waals surface area contributed by atoms with E-state index < -0.39 is 5.91 Å². The van der Waals surface area contributed by atoms with Crippen LogP contribution in [0.2, 0.25) is 0 Å². The van der Waals surface area contributed by atoms with Gasteiger partial charge in [-0.15, -0.1) is 11.3 Å². The molecule has 0 atom stereocenters. The molecule has 0 saturated heterocycles. The predicted octanol–water partition coefficient (Wildman–Crippen LogP) is 0.757. The number of aryl methyl sites for hydroxylation is 1. The lowest BCUT2D eigenvalue weighted by Gasteiger charge is -2.16. The standard InChI is InChI=1S/C11H15N5OS/c1-3-6-4-7-9(16(2)5-8(12)17)14-11(13)15-10(7)18-6/h4H,3,5H2,1-2H3,(H2,12,17)(H2,13,14,15). The minimum absolute atomic E-state index is 0.100. The van der Waals surface area contributed by atoms with Gasteiger partial charge >= 0.3 is 0 Å². The van der Waals surface area contributed by atoms with Gasteiger partial charge in [-0.2, -0.15) is 4.98 Å². The van der Waals surface area contributed by atoms with Crippen molar-refractivity contribution < 1.29 is 4.79 Å². The van der Waals surface area contributed by atoms with Crippen LogP contribution in [0.3, 0.4) is 0 Å². The van der Waals surface area contributed by atoms with Crippen LogP contribution in [-0.4, -0.2) is 29.5 Å². The second-order valence-corrected chi connectivity index (χ2v) is 5.13. The first-order valence-corrected chi connectivity index (χ1v) is 6.38. The Hall–Kier alpha value is -1.89. The Kier molecular flexibility index (Phi) is 3.33. The Labute approximate surface area is 109 Å². The lowest BCUT2D eigenvalue weighted by atomic mass is 10.3. The third-order valence-corrected chi connectivity index (χ3v) is 3.72. The first-order chi connectivity index (χ1) is 8.51. The van der Waals surface area contributed by atoms with Crippen LogP contribution in [0.15, 0.2) is 6.07 Å². The summed E-state index contributed by atoms with van der Waals surface area (Å²) in [5, 5.41) is 0.912. The zero-order valence-electron chi connectivity index (χ0n) is 10.3. The number of nitrogens with zero attached hydrogens (tertiary/aromatic N) is 3. The monoisotopic (exact) mass is 265 g/mol. The van der Waals surface area contributed by atoms with Crippen molar-refractivity contribution in [3.05, 3.63) is 10.9 Å². The van der Waals surface area contributed by atoms with E-state index in [2.05, 4.69) is 16.9 Å². The first kappa shape index (κ1) is 12.6. The maximum absolute atomic E-state index is 11.0. The van der Waals surface area contributed by atoms with Gasteiger partial charge in [-0.25, -0.2) is 4.98 Å². The average molecular weight is 265 g/mol. The van der Waals surface area contributed by atoms with E-state index in [1.165, 1.54) is 4.88 Å². The third kappa shape index (κ3) is 2.35. The molecule has 0 saturated carbocycles. The summed E-state index contributed by atoms with van der Waals surface area (Å²) in [6, 6.07) is 2.03. The van der Waals surface area contributed by atoms with Crippen molar-refractivity contribution in [3.63, 3.8) is 0 Å². The van der Waals surface area contributed by atoms with Crippen LogP contribution in [0, 0.1) is 0 Å². The van der Waals surface area contributed by atoms with Gasteiger partial charge in [0.25, 0.3) is 0 Å². The molecule has 0 aliphatic carbocycles. The maximum Gasteiger partial charge on any atom is 0.236 e. The van der Waals surface area contributed by atoms with Gasteiger partial charge in [-0.3, -0.25) is 4.79 Å². The van der Waals surface area contributed by atoms with E-state index in [-0.39, 0.29) is 12.5 Å². The molecular formula is C11H15N5OS. The Morgan fingerprint density at radius 2 is 2.22 bits per heavy atom. The Bertz CT molecular complexity index is 594. The minimum Gasteiger partial charge on any atom is -0.368 e. The molecule has 0 radical (unpaired) electrons. The quantitative estimate of drug-likeness (QED) is 0.850. The lowest BCUT2D eigenvalue weighted by Crippen LogP contribution is -2.31. The number of primary amides is 1. The van der Waals surface area contributed by atoms with Gasteiger partial charge in [0.15, 0.2) is 0 Å². The van der Waals surface area contributed by atoms with E-state index in [0.29, 0.717) is 5.82 Å². The molecule has 2 heterocycles. The first-order valence-electron chi connectivity index (χ1n) is 5.56. The molecule has 0 fully saturated rings. The van der Waals surface area contributed by atoms with Crippen LogP contribution >= 0.6 is 11.3 Å². The number of anilines is 2. The molecule has 1 amide bonds. The van der Waals surface area contributed by atoms with E-state index in [1.54, 1.807) is 23.3 Å². The number of nitrogens with two attached hydrogens (primary N) is 2. The topological polar surface area (TPSA) is 98.1 Å². The normalized spacial score (nSPS) is 10.8. The number of fused-ring (bicyclic) bond motifs is 1. The van der Waals surface area contributed by atoms with Crippen molar-refractivity contribution in [2.45, 2.75) is 13.3 Å². The summed E-state index contributed by atoms with van der Waals surface area (Å²) in [7, 11) is 1.76. The molecular weight excluding hydrogens is 250 g/mol. The summed E-state index contributed by atoms with van der Waals surface area (Å²) in [6.07, 6.45) is 0.930. The number of amides is 1. The van der Waals surface area contributed by atoms with Crippen molar-refractivity contribution >= 4 is 39.2 Å². The third-order valence-electron chi connectivity index (χ3n) is 2.54. The molecule has 96 valence electrons. The predicted molar refractivity (Wildman–Crippen MR) is 73.7 cm³/mol. The number of carbonyl (C=O) groups is 1. The number of thiophene rings is 1. The fraction of sp³-hybridized carbons (Fsp3) is 0.364. The number of carbonyl (C=O) groups excluding carboxylic acids is 1. The number of likely N-dealkylation sites (N-methyl/N-ethyl adjacent to an activating group) is 1. The van der Waals surface area contributed by atoms with E-state index in [1.807, 2.05) is 6.07 Å². The molecule has 2 aromatic rings. The van der Waals surface area contributed by atoms with Gasteiger partial charge < -0.3 is 16.4 Å². The van der Waals surface area contributed by atoms with E-state index in [4.69, 9.17) is 11.5 Å². The molecule has 0 bridgehead atoms. The fourth-order valence-electron chi connectivity index (χ4n) is 1.75. The largest absolute Gasteiger partial charge is 0.368 e. The Morgan fingerprint density at radius 3 is 2.83 bits per heavy atom. The smallest absolute Gasteiger partial charge is 0.236 e. The molecule has 7 heteroatoms. The van der Waals surface area contributed by atoms with Crippen molar-refractivity contribution in [2.24, 2.45) is 5.73 Å². The van der Waals surface area contributed by atoms with E-state index >= 15 is 0 Å². The van der Waals surface area contributed by atoms with Gasteiger partial charge in [-0.05, 0) is 12.5 Å². The molecule has 18 heavy (non-hydrogen) atoms. The van der Waals surface area contributed by atoms with Gasteiger partial charge in [0, 0.05) is 11.9 Å². The summed E-state index contributed by atoms with van der Waals surface area (Å²) < 4.78 is 0. The molecule has 2 aromatic heterocycles. The van der Waals surface area contributed by atoms with Gasteiger partial charge in [-0.1, -0.05) is 6.92 Å². The molecule has 0 spiro atoms. The zero-order chi connectivity index (χ0) is 13.3. The molecule has 4 N–H and O–H groups in total. The fourth-order valence-corrected chi connectivity index (χ4v) is 2.72. The zero-order valence-corrected chi connectivity index (χ0v) is 11.1. The van der Waals surface area contributed by atoms with Crippen LogP contribution in [0.5, 0.6) is 0 Å². The SMILES string of the molecule is CCc1cc2c(N(C)CC(N)=O)nc(N)nc2s1. The molecule has 6 nitrogen and oxygen atoms in total. The average Bonchev–Trinajstić information content (AvgIpc) is 2.69. The second-order valence-electron chi connectivity index (χ2n) is 4.01. The minimum atomic E-state index is -0.409. The van der Waals surface area contributed by atoms with Gasteiger partial charge in [0.1, 0.15) is 10.6 Å². The summed E-state index contributed by atoms with van der Waals surface area (Å²) in [5.41, 5.74) is 10.9. The highest BCUT2D eigenvalue weighted by atomic mass is 32.1. The second kappa shape index (κ2) is 4.77. The highest BCUT2D eigenvalue weighted by Crippen LogP contribution is 2.31. The Morgan fingerprint density at radius 1 is 1.50 bits per heavy atom. The molecule has 0 aliphatic heterocycles. The van der Waals surface area contributed by atoms with Crippen LogP contribution in [0.1, 0.15) is 11.8 Å². The molecule has 0 aromatic carbocycles. The number of hydrogen-bond acceptors (Lipinski definition) is 6. The van der Waals surface area contributed by atoms with Gasteiger partial charge in [0.05, 0.1) is 11.9 Å². The van der Waals surface area contributed by atoms with Crippen LogP contribution in [0.25, 0.3) is 10.2 Å². The van der Waals surface area contributed by atoms with E-state index in [9.17, 15) is 4.79 Å². The van der Waals surface area contributed by atoms with Gasteiger partial charge in [0.2, 0.25) is 11.9 Å².